The van der Waals surface area contributed by atoms with Crippen LogP contribution in [0.4, 0.5) is 0 Å². The van der Waals surface area contributed by atoms with Gasteiger partial charge in [-0.1, -0.05) is 18.8 Å². The normalized spacial score (nSPS) is 13.2. The highest BCUT2D eigenvalue weighted by atomic mass is 32.2. The summed E-state index contributed by atoms with van der Waals surface area (Å²) in [5.74, 6) is 5.27. The fourth-order valence-electron chi connectivity index (χ4n) is 1.48. The molecule has 1 amide bonds. The van der Waals surface area contributed by atoms with Gasteiger partial charge in [-0.3, -0.25) is 9.00 Å². The molecule has 2 N–H and O–H groups in total. The zero-order valence-corrected chi connectivity index (χ0v) is 13.5. The maximum atomic E-state index is 12.0. The maximum absolute atomic E-state index is 12.0. The van der Waals surface area contributed by atoms with Crippen molar-refractivity contribution in [2.75, 3.05) is 19.4 Å². The number of hydrogen-bond acceptors (Lipinski definition) is 4. The van der Waals surface area contributed by atoms with Crippen LogP contribution < -0.4 is 5.32 Å². The number of nitrogens with one attached hydrogen (secondary N) is 1. The molecule has 0 bridgehead atoms. The predicted molar refractivity (Wildman–Crippen MR) is 83.5 cm³/mol. The summed E-state index contributed by atoms with van der Waals surface area (Å²) in [4.78, 5) is 13.4. The van der Waals surface area contributed by atoms with Gasteiger partial charge in [-0.05, 0) is 25.0 Å². The van der Waals surface area contributed by atoms with Crippen LogP contribution in [-0.4, -0.2) is 39.9 Å². The Morgan fingerprint density at radius 3 is 2.90 bits per heavy atom. The molecular weight excluding hydrogens is 294 g/mol. The molecule has 0 saturated heterocycles. The van der Waals surface area contributed by atoms with E-state index in [9.17, 15) is 9.00 Å². The van der Waals surface area contributed by atoms with Gasteiger partial charge in [0.15, 0.2) is 0 Å². The average Bonchev–Trinajstić information content (AvgIpc) is 2.77. The van der Waals surface area contributed by atoms with Crippen molar-refractivity contribution in [2.24, 2.45) is 0 Å². The standard InChI is InChI=1S/C14H19NO3S2/c1-10-9-13(19-12(10)5-4-8-16)14(17)15-7-6-11(2)20(3)18/h9,11,16H,6-8H2,1-3H3,(H,15,17). The summed E-state index contributed by atoms with van der Waals surface area (Å²) in [6, 6.07) is 1.79. The van der Waals surface area contributed by atoms with Crippen molar-refractivity contribution >= 4 is 28.0 Å². The minimum Gasteiger partial charge on any atom is -0.384 e. The van der Waals surface area contributed by atoms with Crippen LogP contribution in [0.1, 0.15) is 33.5 Å². The van der Waals surface area contributed by atoms with Crippen LogP contribution in [0.5, 0.6) is 0 Å². The largest absolute Gasteiger partial charge is 0.384 e. The molecule has 2 unspecified atom stereocenters. The van der Waals surface area contributed by atoms with Crippen molar-refractivity contribution < 1.29 is 14.1 Å². The van der Waals surface area contributed by atoms with Gasteiger partial charge < -0.3 is 10.4 Å². The van der Waals surface area contributed by atoms with Crippen molar-refractivity contribution in [3.63, 3.8) is 0 Å². The van der Waals surface area contributed by atoms with Crippen LogP contribution in [-0.2, 0) is 10.8 Å². The number of carbonyl (C=O) groups excluding carboxylic acids is 1. The number of aliphatic hydroxyl groups excluding tert-OH is 1. The number of hydrogen-bond donors (Lipinski definition) is 2. The van der Waals surface area contributed by atoms with Gasteiger partial charge in [-0.2, -0.15) is 0 Å². The molecule has 110 valence electrons. The van der Waals surface area contributed by atoms with Crippen LogP contribution >= 0.6 is 11.3 Å². The molecule has 0 fully saturated rings. The zero-order chi connectivity index (χ0) is 15.1. The van der Waals surface area contributed by atoms with Crippen molar-refractivity contribution in [1.82, 2.24) is 5.32 Å². The van der Waals surface area contributed by atoms with Crippen molar-refractivity contribution in [2.45, 2.75) is 25.5 Å². The van der Waals surface area contributed by atoms with Gasteiger partial charge in [-0.25, -0.2) is 0 Å². The summed E-state index contributed by atoms with van der Waals surface area (Å²) >= 11 is 1.32. The topological polar surface area (TPSA) is 66.4 Å². The van der Waals surface area contributed by atoms with E-state index in [-0.39, 0.29) is 17.8 Å². The fraction of sp³-hybridized carbons (Fsp3) is 0.500. The Balaban J connectivity index is 2.58. The summed E-state index contributed by atoms with van der Waals surface area (Å²) in [6.45, 7) is 4.11. The van der Waals surface area contributed by atoms with Crippen molar-refractivity contribution in [3.8, 4) is 11.8 Å². The molecule has 1 aromatic rings. The summed E-state index contributed by atoms with van der Waals surface area (Å²) in [7, 11) is -0.864. The number of rotatable bonds is 5. The Labute approximate surface area is 126 Å². The van der Waals surface area contributed by atoms with E-state index in [0.29, 0.717) is 17.8 Å². The molecular formula is C14H19NO3S2. The first kappa shape index (κ1) is 16.9. The van der Waals surface area contributed by atoms with Gasteiger partial charge in [0.1, 0.15) is 6.61 Å². The average molecular weight is 313 g/mol. The number of carbonyl (C=O) groups is 1. The second-order valence-corrected chi connectivity index (χ2v) is 7.29. The molecule has 2 atom stereocenters. The zero-order valence-electron chi connectivity index (χ0n) is 11.9. The SMILES string of the molecule is Cc1cc(C(=O)NCCC(C)S(C)=O)sc1C#CCO. The lowest BCUT2D eigenvalue weighted by molar-refractivity contribution is 0.0957. The fourth-order valence-corrected chi connectivity index (χ4v) is 2.89. The highest BCUT2D eigenvalue weighted by Gasteiger charge is 2.12. The van der Waals surface area contributed by atoms with E-state index in [0.717, 1.165) is 10.4 Å². The molecule has 0 aliphatic carbocycles. The lowest BCUT2D eigenvalue weighted by Crippen LogP contribution is -2.26. The minimum atomic E-state index is -0.864. The third-order valence-electron chi connectivity index (χ3n) is 2.83. The van der Waals surface area contributed by atoms with Gasteiger partial charge in [-0.15, -0.1) is 11.3 Å². The van der Waals surface area contributed by atoms with Gasteiger partial charge in [0.2, 0.25) is 0 Å². The van der Waals surface area contributed by atoms with Gasteiger partial charge in [0.25, 0.3) is 5.91 Å². The molecule has 0 spiro atoms. The first-order valence-electron chi connectivity index (χ1n) is 6.26. The third kappa shape index (κ3) is 5.08. The number of aryl methyl sites for hydroxylation is 1. The van der Waals surface area contributed by atoms with Crippen LogP contribution in [0.3, 0.4) is 0 Å². The Bertz CT molecular complexity index is 555. The Morgan fingerprint density at radius 2 is 2.30 bits per heavy atom. The summed E-state index contributed by atoms with van der Waals surface area (Å²) in [5, 5.41) is 11.6. The second kappa shape index (κ2) is 8.20. The number of thiophene rings is 1. The molecule has 0 radical (unpaired) electrons. The van der Waals surface area contributed by atoms with Crippen LogP contribution in [0.2, 0.25) is 0 Å². The predicted octanol–water partition coefficient (Wildman–Crippen LogP) is 1.29. The summed E-state index contributed by atoms with van der Waals surface area (Å²) in [5.41, 5.74) is 0.934. The molecule has 1 rings (SSSR count). The van der Waals surface area contributed by atoms with Gasteiger partial charge >= 0.3 is 0 Å². The summed E-state index contributed by atoms with van der Waals surface area (Å²) in [6.07, 6.45) is 2.36. The van der Waals surface area contributed by atoms with Crippen LogP contribution in [0, 0.1) is 18.8 Å². The number of amides is 1. The second-order valence-electron chi connectivity index (χ2n) is 4.44. The first-order chi connectivity index (χ1) is 9.45. The van der Waals surface area contributed by atoms with E-state index in [1.807, 2.05) is 13.8 Å². The molecule has 6 heteroatoms. The van der Waals surface area contributed by atoms with E-state index < -0.39 is 10.8 Å². The summed E-state index contributed by atoms with van der Waals surface area (Å²) < 4.78 is 11.2. The smallest absolute Gasteiger partial charge is 0.261 e. The monoisotopic (exact) mass is 313 g/mol. The highest BCUT2D eigenvalue weighted by molar-refractivity contribution is 7.84. The van der Waals surface area contributed by atoms with Crippen LogP contribution in [0.25, 0.3) is 0 Å². The quantitative estimate of drug-likeness (QED) is 0.805. The molecule has 0 aromatic carbocycles. The molecule has 1 heterocycles. The Kier molecular flexibility index (Phi) is 6.93. The lowest BCUT2D eigenvalue weighted by atomic mass is 10.2. The van der Waals surface area contributed by atoms with E-state index in [4.69, 9.17) is 5.11 Å². The van der Waals surface area contributed by atoms with Gasteiger partial charge in [0, 0.05) is 28.9 Å². The van der Waals surface area contributed by atoms with Gasteiger partial charge in [0.05, 0.1) is 9.75 Å². The molecule has 0 aliphatic rings. The van der Waals surface area contributed by atoms with E-state index in [1.54, 1.807) is 12.3 Å². The Morgan fingerprint density at radius 1 is 1.60 bits per heavy atom. The van der Waals surface area contributed by atoms with Crippen molar-refractivity contribution in [3.05, 3.63) is 21.4 Å². The minimum absolute atomic E-state index is 0.0753. The third-order valence-corrected chi connectivity index (χ3v) is 5.35. The molecule has 0 saturated carbocycles. The first-order valence-corrected chi connectivity index (χ1v) is 8.70. The van der Waals surface area contributed by atoms with Crippen LogP contribution in [0.15, 0.2) is 6.07 Å². The maximum Gasteiger partial charge on any atom is 0.261 e. The molecule has 20 heavy (non-hydrogen) atoms. The van der Waals surface area contributed by atoms with E-state index in [2.05, 4.69) is 17.2 Å². The highest BCUT2D eigenvalue weighted by Crippen LogP contribution is 2.20. The molecule has 0 aliphatic heterocycles. The molecule has 4 nitrogen and oxygen atoms in total. The van der Waals surface area contributed by atoms with E-state index >= 15 is 0 Å². The lowest BCUT2D eigenvalue weighted by Gasteiger charge is -2.08. The van der Waals surface area contributed by atoms with Crippen molar-refractivity contribution in [1.29, 1.82) is 0 Å². The van der Waals surface area contributed by atoms with E-state index in [1.165, 1.54) is 11.3 Å². The Hall–Kier alpha value is -1.16. The number of aliphatic hydroxyl groups is 1. The molecule has 1 aromatic heterocycles.